The van der Waals surface area contributed by atoms with Gasteiger partial charge < -0.3 is 15.4 Å². The molecular weight excluding hydrogens is 452 g/mol. The van der Waals surface area contributed by atoms with Crippen molar-refractivity contribution in [2.24, 2.45) is 5.92 Å². The molecule has 7 nitrogen and oxygen atoms in total. The van der Waals surface area contributed by atoms with Gasteiger partial charge in [0, 0.05) is 24.8 Å². The highest BCUT2D eigenvalue weighted by molar-refractivity contribution is 5.76. The molecule has 34 heavy (non-hydrogen) atoms. The van der Waals surface area contributed by atoms with Crippen molar-refractivity contribution in [2.75, 3.05) is 23.8 Å². The highest BCUT2D eigenvalue weighted by Crippen LogP contribution is 2.37. The second kappa shape index (κ2) is 9.36. The molecule has 0 radical (unpaired) electrons. The zero-order chi connectivity index (χ0) is 23.8. The van der Waals surface area contributed by atoms with Crippen LogP contribution in [0.2, 0.25) is 0 Å². The molecule has 5 rings (SSSR count). The lowest BCUT2D eigenvalue weighted by Crippen LogP contribution is -2.39. The predicted octanol–water partition coefficient (Wildman–Crippen LogP) is 5.28. The molecule has 2 aromatic heterocycles. The Kier molecular flexibility index (Phi) is 6.28. The first kappa shape index (κ1) is 22.8. The van der Waals surface area contributed by atoms with Gasteiger partial charge in [0.15, 0.2) is 17.3 Å². The number of alkyl halides is 1. The van der Waals surface area contributed by atoms with Gasteiger partial charge in [-0.05, 0) is 38.0 Å². The third-order valence-corrected chi connectivity index (χ3v) is 6.63. The van der Waals surface area contributed by atoms with Crippen molar-refractivity contribution in [1.82, 2.24) is 19.5 Å². The van der Waals surface area contributed by atoms with Gasteiger partial charge in [0.2, 0.25) is 11.9 Å². The monoisotopic (exact) mass is 478 g/mol. The average molecular weight is 478 g/mol. The number of aromatic nitrogens is 4. The van der Waals surface area contributed by atoms with E-state index in [1.165, 1.54) is 6.20 Å². The van der Waals surface area contributed by atoms with Crippen molar-refractivity contribution in [2.45, 2.75) is 57.3 Å². The lowest BCUT2D eigenvalue weighted by Gasteiger charge is -2.29. The first-order valence-corrected chi connectivity index (χ1v) is 11.5. The maximum Gasteiger partial charge on any atom is 0.225 e. The van der Waals surface area contributed by atoms with E-state index in [2.05, 4.69) is 32.5 Å². The van der Waals surface area contributed by atoms with E-state index in [4.69, 9.17) is 4.74 Å². The number of ether oxygens (including phenoxy) is 1. The molecule has 1 aromatic carbocycles. The van der Waals surface area contributed by atoms with Gasteiger partial charge in [-0.25, -0.2) is 27.5 Å². The van der Waals surface area contributed by atoms with Crippen LogP contribution in [0, 0.1) is 23.4 Å². The van der Waals surface area contributed by atoms with Crippen LogP contribution in [0.5, 0.6) is 0 Å². The smallest absolute Gasteiger partial charge is 0.225 e. The topological polar surface area (TPSA) is 76.9 Å². The van der Waals surface area contributed by atoms with Gasteiger partial charge in [0.25, 0.3) is 0 Å². The molecule has 1 aliphatic heterocycles. The van der Waals surface area contributed by atoms with Crippen LogP contribution >= 0.6 is 0 Å². The van der Waals surface area contributed by atoms with Crippen LogP contribution in [0.15, 0.2) is 18.3 Å². The summed E-state index contributed by atoms with van der Waals surface area (Å²) in [5, 5.41) is 5.76. The van der Waals surface area contributed by atoms with E-state index >= 15 is 0 Å². The van der Waals surface area contributed by atoms with Crippen LogP contribution in [0.1, 0.15) is 45.1 Å². The molecular formula is C23H26F4N6O. The Labute approximate surface area is 193 Å². The SMILES string of the molecule is C[C@H]1CC[C@@H](n2c(Nc3c(F)cc(F)cc3F)nc3cnc(N[C@H]4CCOC[C@H]4F)nc32)CC1. The van der Waals surface area contributed by atoms with E-state index in [0.29, 0.717) is 42.2 Å². The van der Waals surface area contributed by atoms with E-state index in [1.807, 2.05) is 4.57 Å². The molecule has 3 heterocycles. The molecule has 1 saturated heterocycles. The van der Waals surface area contributed by atoms with Crippen LogP contribution in [0.3, 0.4) is 0 Å². The van der Waals surface area contributed by atoms with E-state index < -0.39 is 35.4 Å². The number of halogens is 4. The molecule has 182 valence electrons. The normalized spacial score (nSPS) is 25.4. The van der Waals surface area contributed by atoms with Gasteiger partial charge >= 0.3 is 0 Å². The summed E-state index contributed by atoms with van der Waals surface area (Å²) in [5.74, 6) is -2.10. The molecule has 3 aromatic rings. The van der Waals surface area contributed by atoms with Crippen molar-refractivity contribution in [3.05, 3.63) is 35.8 Å². The Morgan fingerprint density at radius 1 is 1.03 bits per heavy atom. The lowest BCUT2D eigenvalue weighted by molar-refractivity contribution is 0.0284. The Hall–Kier alpha value is -2.95. The number of imidazole rings is 1. The zero-order valence-corrected chi connectivity index (χ0v) is 18.7. The van der Waals surface area contributed by atoms with Crippen molar-refractivity contribution >= 4 is 28.7 Å². The standard InChI is InChI=1S/C23H26F4N6O/c1-12-2-4-14(5-3-12)33-21-19(10-28-22(32-21)29-18-6-7-34-11-17(18)27)30-23(33)31-20-15(25)8-13(24)9-16(20)26/h8-10,12,14,17-18H,2-7,11H2,1H3,(H,30,31)(H,28,29,32)/t12-,14+,17-,18+/m1/s1. The number of nitrogens with one attached hydrogen (secondary N) is 2. The van der Waals surface area contributed by atoms with Gasteiger partial charge in [-0.15, -0.1) is 0 Å². The molecule has 0 spiro atoms. The summed E-state index contributed by atoms with van der Waals surface area (Å²) in [7, 11) is 0. The Balaban J connectivity index is 1.54. The molecule has 2 aliphatic rings. The summed E-state index contributed by atoms with van der Waals surface area (Å²) in [5.41, 5.74) is 0.416. The maximum atomic E-state index is 14.4. The van der Waals surface area contributed by atoms with Crippen molar-refractivity contribution in [1.29, 1.82) is 0 Å². The van der Waals surface area contributed by atoms with Crippen LogP contribution in [0.25, 0.3) is 11.2 Å². The van der Waals surface area contributed by atoms with E-state index in [-0.39, 0.29) is 24.5 Å². The van der Waals surface area contributed by atoms with Crippen molar-refractivity contribution < 1.29 is 22.3 Å². The van der Waals surface area contributed by atoms with E-state index in [0.717, 1.165) is 25.7 Å². The van der Waals surface area contributed by atoms with Crippen LogP contribution < -0.4 is 10.6 Å². The predicted molar refractivity (Wildman–Crippen MR) is 119 cm³/mol. The van der Waals surface area contributed by atoms with Crippen LogP contribution in [0.4, 0.5) is 35.1 Å². The fourth-order valence-corrected chi connectivity index (χ4v) is 4.70. The number of anilines is 3. The van der Waals surface area contributed by atoms with Crippen molar-refractivity contribution in [3.8, 4) is 0 Å². The van der Waals surface area contributed by atoms with Gasteiger partial charge in [0.1, 0.15) is 23.2 Å². The minimum atomic E-state index is -1.18. The highest BCUT2D eigenvalue weighted by atomic mass is 19.1. The Bertz CT molecular complexity index is 1160. The fraction of sp³-hybridized carbons (Fsp3) is 0.522. The van der Waals surface area contributed by atoms with Crippen molar-refractivity contribution in [3.63, 3.8) is 0 Å². The summed E-state index contributed by atoms with van der Waals surface area (Å²) in [6.45, 7) is 2.65. The molecule has 2 atom stereocenters. The second-order valence-corrected chi connectivity index (χ2v) is 9.12. The largest absolute Gasteiger partial charge is 0.378 e. The van der Waals surface area contributed by atoms with Gasteiger partial charge in [0.05, 0.1) is 18.8 Å². The van der Waals surface area contributed by atoms with Crippen LogP contribution in [-0.4, -0.2) is 44.9 Å². The average Bonchev–Trinajstić information content (AvgIpc) is 3.16. The lowest BCUT2D eigenvalue weighted by atomic mass is 9.87. The number of hydrogen-bond acceptors (Lipinski definition) is 6. The third kappa shape index (κ3) is 4.53. The number of nitrogens with zero attached hydrogens (tertiary/aromatic N) is 4. The molecule has 0 bridgehead atoms. The fourth-order valence-electron chi connectivity index (χ4n) is 4.70. The second-order valence-electron chi connectivity index (χ2n) is 9.12. The first-order chi connectivity index (χ1) is 16.4. The maximum absolute atomic E-state index is 14.4. The number of fused-ring (bicyclic) bond motifs is 1. The zero-order valence-electron chi connectivity index (χ0n) is 18.7. The number of benzene rings is 1. The quantitative estimate of drug-likeness (QED) is 0.486. The van der Waals surface area contributed by atoms with Gasteiger partial charge in [-0.3, -0.25) is 4.57 Å². The van der Waals surface area contributed by atoms with Gasteiger partial charge in [-0.2, -0.15) is 4.98 Å². The minimum Gasteiger partial charge on any atom is -0.378 e. The number of rotatable bonds is 5. The molecule has 1 saturated carbocycles. The molecule has 2 fully saturated rings. The van der Waals surface area contributed by atoms with Gasteiger partial charge in [-0.1, -0.05) is 6.92 Å². The van der Waals surface area contributed by atoms with E-state index in [9.17, 15) is 17.6 Å². The highest BCUT2D eigenvalue weighted by Gasteiger charge is 2.28. The third-order valence-electron chi connectivity index (χ3n) is 6.63. The summed E-state index contributed by atoms with van der Waals surface area (Å²) < 4.78 is 63.4. The molecule has 11 heteroatoms. The Morgan fingerprint density at radius 2 is 1.76 bits per heavy atom. The molecule has 2 N–H and O–H groups in total. The molecule has 1 aliphatic carbocycles. The summed E-state index contributed by atoms with van der Waals surface area (Å²) in [6, 6.07) is 0.751. The summed E-state index contributed by atoms with van der Waals surface area (Å²) in [4.78, 5) is 13.4. The summed E-state index contributed by atoms with van der Waals surface area (Å²) in [6.07, 6.45) is 4.47. The molecule has 0 unspecified atom stereocenters. The molecule has 0 amide bonds. The van der Waals surface area contributed by atoms with Crippen LogP contribution in [-0.2, 0) is 4.74 Å². The Morgan fingerprint density at radius 3 is 2.47 bits per heavy atom. The van der Waals surface area contributed by atoms with E-state index in [1.54, 1.807) is 0 Å². The first-order valence-electron chi connectivity index (χ1n) is 11.5. The minimum absolute atomic E-state index is 0.00461. The summed E-state index contributed by atoms with van der Waals surface area (Å²) >= 11 is 0. The number of hydrogen-bond donors (Lipinski definition) is 2.